The highest BCUT2D eigenvalue weighted by Gasteiger charge is 2.09. The van der Waals surface area contributed by atoms with Gasteiger partial charge < -0.3 is 10.1 Å². The van der Waals surface area contributed by atoms with Crippen LogP contribution in [-0.4, -0.2) is 18.6 Å². The van der Waals surface area contributed by atoms with Crippen molar-refractivity contribution in [1.29, 1.82) is 0 Å². The van der Waals surface area contributed by atoms with Gasteiger partial charge in [0.25, 0.3) is 5.91 Å². The van der Waals surface area contributed by atoms with Gasteiger partial charge in [0.05, 0.1) is 5.02 Å². The van der Waals surface area contributed by atoms with E-state index in [1.807, 2.05) is 13.8 Å². The fourth-order valence-electron chi connectivity index (χ4n) is 1.16. The molecule has 0 bridgehead atoms. The molecule has 94 valence electrons. The fraction of sp³-hybridized carbons (Fsp3) is 0.417. The maximum Gasteiger partial charge on any atom is 0.258 e. The Morgan fingerprint density at radius 2 is 2.18 bits per heavy atom. The highest BCUT2D eigenvalue weighted by atomic mass is 35.5. The van der Waals surface area contributed by atoms with Crippen molar-refractivity contribution in [2.75, 3.05) is 6.61 Å². The first-order valence-electron chi connectivity index (χ1n) is 5.40. The maximum atomic E-state index is 11.5. The molecule has 0 aliphatic heterocycles. The van der Waals surface area contributed by atoms with E-state index in [0.29, 0.717) is 15.8 Å². The van der Waals surface area contributed by atoms with Crippen molar-refractivity contribution in [3.05, 3.63) is 28.2 Å². The van der Waals surface area contributed by atoms with Gasteiger partial charge in [0.2, 0.25) is 0 Å². The minimum absolute atomic E-state index is 0.0651. The lowest BCUT2D eigenvalue weighted by Gasteiger charge is -2.12. The molecule has 0 fully saturated rings. The third kappa shape index (κ3) is 4.44. The first-order chi connectivity index (χ1) is 8.04. The molecule has 1 amide bonds. The Morgan fingerprint density at radius 3 is 2.82 bits per heavy atom. The number of halogens is 2. The van der Waals surface area contributed by atoms with Crippen LogP contribution in [0.15, 0.2) is 18.2 Å². The van der Waals surface area contributed by atoms with Crippen molar-refractivity contribution in [1.82, 2.24) is 5.32 Å². The second-order valence-electron chi connectivity index (χ2n) is 3.72. The molecule has 5 heteroatoms. The molecule has 1 aromatic carbocycles. The first kappa shape index (κ1) is 14.1. The minimum Gasteiger partial charge on any atom is -0.482 e. The molecular weight excluding hydrogens is 261 g/mol. The number of nitrogens with one attached hydrogen (secondary N) is 1. The van der Waals surface area contributed by atoms with Crippen molar-refractivity contribution in [2.24, 2.45) is 0 Å². The Morgan fingerprint density at radius 1 is 1.47 bits per heavy atom. The lowest BCUT2D eigenvalue weighted by Crippen LogP contribution is -2.35. The number of carbonyl (C=O) groups is 1. The summed E-state index contributed by atoms with van der Waals surface area (Å²) in [6.07, 6.45) is 0.879. The summed E-state index contributed by atoms with van der Waals surface area (Å²) in [6, 6.07) is 5.19. The number of carbonyl (C=O) groups excluding carboxylic acids is 1. The van der Waals surface area contributed by atoms with Crippen LogP contribution >= 0.6 is 23.2 Å². The molecule has 1 rings (SSSR count). The quantitative estimate of drug-likeness (QED) is 0.896. The number of rotatable bonds is 5. The van der Waals surface area contributed by atoms with Crippen LogP contribution in [0.2, 0.25) is 10.0 Å². The van der Waals surface area contributed by atoms with Crippen LogP contribution in [0.1, 0.15) is 20.3 Å². The summed E-state index contributed by atoms with van der Waals surface area (Å²) in [4.78, 5) is 11.5. The average Bonchev–Trinajstić information content (AvgIpc) is 2.31. The van der Waals surface area contributed by atoms with E-state index in [1.54, 1.807) is 18.2 Å². The summed E-state index contributed by atoms with van der Waals surface area (Å²) in [5, 5.41) is 3.53. The molecule has 0 aromatic heterocycles. The summed E-state index contributed by atoms with van der Waals surface area (Å²) in [5.41, 5.74) is 0. The molecule has 0 aliphatic rings. The van der Waals surface area contributed by atoms with Gasteiger partial charge in [0.1, 0.15) is 10.8 Å². The molecule has 1 N–H and O–H groups in total. The molecule has 17 heavy (non-hydrogen) atoms. The third-order valence-electron chi connectivity index (χ3n) is 2.29. The van der Waals surface area contributed by atoms with Crippen molar-refractivity contribution in [2.45, 2.75) is 26.3 Å². The number of hydrogen-bond donors (Lipinski definition) is 1. The second kappa shape index (κ2) is 6.72. The summed E-state index contributed by atoms with van der Waals surface area (Å²) in [7, 11) is 0. The van der Waals surface area contributed by atoms with Crippen LogP contribution in [0.3, 0.4) is 0 Å². The smallest absolute Gasteiger partial charge is 0.258 e. The van der Waals surface area contributed by atoms with E-state index in [-0.39, 0.29) is 18.6 Å². The minimum atomic E-state index is -0.171. The van der Waals surface area contributed by atoms with Crippen molar-refractivity contribution in [3.63, 3.8) is 0 Å². The Hall–Kier alpha value is -0.930. The number of benzene rings is 1. The third-order valence-corrected chi connectivity index (χ3v) is 3.10. The van der Waals surface area contributed by atoms with Gasteiger partial charge in [0.15, 0.2) is 6.61 Å². The van der Waals surface area contributed by atoms with E-state index in [0.717, 1.165) is 6.42 Å². The molecule has 0 heterocycles. The van der Waals surface area contributed by atoms with E-state index in [1.165, 1.54) is 0 Å². The van der Waals surface area contributed by atoms with Crippen molar-refractivity contribution < 1.29 is 9.53 Å². The van der Waals surface area contributed by atoms with Crippen LogP contribution in [0.4, 0.5) is 0 Å². The summed E-state index contributed by atoms with van der Waals surface area (Å²) in [6.45, 7) is 3.87. The van der Waals surface area contributed by atoms with Crippen LogP contribution in [0.25, 0.3) is 0 Å². The molecule has 0 saturated heterocycles. The molecule has 0 spiro atoms. The fourth-order valence-corrected chi connectivity index (χ4v) is 1.50. The van der Waals surface area contributed by atoms with Gasteiger partial charge in [-0.3, -0.25) is 4.79 Å². The molecule has 1 atom stereocenters. The molecule has 1 unspecified atom stereocenters. The Labute approximate surface area is 111 Å². The zero-order chi connectivity index (χ0) is 12.8. The topological polar surface area (TPSA) is 38.3 Å². The number of hydrogen-bond acceptors (Lipinski definition) is 2. The van der Waals surface area contributed by atoms with Gasteiger partial charge in [-0.25, -0.2) is 0 Å². The molecule has 1 aromatic rings. The summed E-state index contributed by atoms with van der Waals surface area (Å²) < 4.78 is 5.30. The molecule has 3 nitrogen and oxygen atoms in total. The van der Waals surface area contributed by atoms with Gasteiger partial charge in [-0.1, -0.05) is 36.2 Å². The van der Waals surface area contributed by atoms with Gasteiger partial charge >= 0.3 is 0 Å². The summed E-state index contributed by atoms with van der Waals surface area (Å²) >= 11 is 11.7. The standard InChI is InChI=1S/C12H15Cl2NO2/c1-3-8(2)15-11(16)7-17-10-6-4-5-9(13)12(10)14/h4-6,8H,3,7H2,1-2H3,(H,15,16). The van der Waals surface area contributed by atoms with E-state index in [4.69, 9.17) is 27.9 Å². The zero-order valence-corrected chi connectivity index (χ0v) is 11.3. The predicted octanol–water partition coefficient (Wildman–Crippen LogP) is 3.29. The normalized spacial score (nSPS) is 12.0. The molecule has 0 aliphatic carbocycles. The molecule has 0 saturated carbocycles. The largest absolute Gasteiger partial charge is 0.482 e. The Balaban J connectivity index is 2.50. The SMILES string of the molecule is CCC(C)NC(=O)COc1cccc(Cl)c1Cl. The lowest BCUT2D eigenvalue weighted by atomic mass is 10.2. The van der Waals surface area contributed by atoms with E-state index >= 15 is 0 Å². The molecule has 0 radical (unpaired) electrons. The monoisotopic (exact) mass is 275 g/mol. The van der Waals surface area contributed by atoms with Crippen LogP contribution < -0.4 is 10.1 Å². The predicted molar refractivity (Wildman–Crippen MR) is 69.9 cm³/mol. The van der Waals surface area contributed by atoms with E-state index in [9.17, 15) is 4.79 Å². The summed E-state index contributed by atoms with van der Waals surface area (Å²) in [5.74, 6) is 0.244. The Kier molecular flexibility index (Phi) is 5.59. The van der Waals surface area contributed by atoms with E-state index in [2.05, 4.69) is 5.32 Å². The number of ether oxygens (including phenoxy) is 1. The average molecular weight is 276 g/mol. The van der Waals surface area contributed by atoms with Crippen molar-refractivity contribution >= 4 is 29.1 Å². The molecular formula is C12H15Cl2NO2. The van der Waals surface area contributed by atoms with E-state index < -0.39 is 0 Å². The van der Waals surface area contributed by atoms with Gasteiger partial charge in [-0.15, -0.1) is 0 Å². The highest BCUT2D eigenvalue weighted by Crippen LogP contribution is 2.31. The highest BCUT2D eigenvalue weighted by molar-refractivity contribution is 6.42. The van der Waals surface area contributed by atoms with Crippen molar-refractivity contribution in [3.8, 4) is 5.75 Å². The lowest BCUT2D eigenvalue weighted by molar-refractivity contribution is -0.123. The second-order valence-corrected chi connectivity index (χ2v) is 4.50. The number of amides is 1. The van der Waals surface area contributed by atoms with Crippen LogP contribution in [0, 0.1) is 0 Å². The van der Waals surface area contributed by atoms with Gasteiger partial charge in [-0.2, -0.15) is 0 Å². The van der Waals surface area contributed by atoms with Crippen LogP contribution in [0.5, 0.6) is 5.75 Å². The first-order valence-corrected chi connectivity index (χ1v) is 6.16. The van der Waals surface area contributed by atoms with Gasteiger partial charge in [0, 0.05) is 6.04 Å². The maximum absolute atomic E-state index is 11.5. The zero-order valence-electron chi connectivity index (χ0n) is 9.80. The van der Waals surface area contributed by atoms with Gasteiger partial charge in [-0.05, 0) is 25.5 Å². The van der Waals surface area contributed by atoms with Crippen LogP contribution in [-0.2, 0) is 4.79 Å². The Bertz CT molecular complexity index is 396.